The molecule has 0 radical (unpaired) electrons. The molecule has 0 aromatic rings. The normalized spacial score (nSPS) is 14.7. The summed E-state index contributed by atoms with van der Waals surface area (Å²) < 4.78 is 0. The number of rotatable bonds is 5. The van der Waals surface area contributed by atoms with Crippen molar-refractivity contribution in [1.29, 1.82) is 0 Å². The van der Waals surface area contributed by atoms with Gasteiger partial charge in [-0.15, -0.1) is 0 Å². The zero-order chi connectivity index (χ0) is 10.4. The minimum atomic E-state index is -0.606. The second kappa shape index (κ2) is 5.53. The van der Waals surface area contributed by atoms with Crippen molar-refractivity contribution >= 4 is 11.8 Å². The van der Waals surface area contributed by atoms with E-state index in [9.17, 15) is 9.59 Å². The van der Waals surface area contributed by atoms with Crippen LogP contribution in [0.1, 0.15) is 26.7 Å². The van der Waals surface area contributed by atoms with Gasteiger partial charge in [-0.2, -0.15) is 0 Å². The first-order chi connectivity index (χ1) is 6.02. The van der Waals surface area contributed by atoms with Crippen LogP contribution in [-0.2, 0) is 9.59 Å². The molecular weight excluding hydrogens is 170 g/mol. The van der Waals surface area contributed by atoms with E-state index in [1.165, 1.54) is 0 Å². The minimum absolute atomic E-state index is 0.326. The van der Waals surface area contributed by atoms with Crippen LogP contribution in [0.15, 0.2) is 0 Å². The van der Waals surface area contributed by atoms with Crippen molar-refractivity contribution in [2.45, 2.75) is 38.8 Å². The van der Waals surface area contributed by atoms with Gasteiger partial charge >= 0.3 is 0 Å². The van der Waals surface area contributed by atoms with E-state index in [2.05, 4.69) is 5.32 Å². The number of hydrogen-bond acceptors (Lipinski definition) is 3. The molecule has 0 saturated carbocycles. The maximum Gasteiger partial charge on any atom is 0.239 e. The molecule has 0 aromatic heterocycles. The summed E-state index contributed by atoms with van der Waals surface area (Å²) in [4.78, 5) is 21.9. The topological polar surface area (TPSA) is 98.2 Å². The molecule has 0 aliphatic carbocycles. The number of nitrogens with one attached hydrogen (secondary N) is 1. The van der Waals surface area contributed by atoms with Gasteiger partial charge in [-0.1, -0.05) is 13.8 Å². The highest BCUT2D eigenvalue weighted by atomic mass is 16.2. The first-order valence-electron chi connectivity index (χ1n) is 4.38. The fourth-order valence-electron chi connectivity index (χ4n) is 0.839. The van der Waals surface area contributed by atoms with E-state index in [1.807, 2.05) is 0 Å². The molecule has 0 saturated heterocycles. The molecule has 0 unspecified atom stereocenters. The molecule has 5 heteroatoms. The summed E-state index contributed by atoms with van der Waals surface area (Å²) in [5.74, 6) is -0.854. The molecule has 0 spiro atoms. The Labute approximate surface area is 77.8 Å². The Balaban J connectivity index is 4.09. The summed E-state index contributed by atoms with van der Waals surface area (Å²) in [5, 5.41) is 2.48. The molecule has 13 heavy (non-hydrogen) atoms. The maximum atomic E-state index is 11.2. The van der Waals surface area contributed by atoms with Gasteiger partial charge in [0.25, 0.3) is 0 Å². The van der Waals surface area contributed by atoms with Crippen LogP contribution < -0.4 is 16.8 Å². The summed E-state index contributed by atoms with van der Waals surface area (Å²) in [6.07, 6.45) is 1.03. The van der Waals surface area contributed by atoms with E-state index < -0.39 is 18.0 Å². The molecule has 5 nitrogen and oxygen atoms in total. The van der Waals surface area contributed by atoms with Crippen molar-refractivity contribution in [3.05, 3.63) is 0 Å². The van der Waals surface area contributed by atoms with Gasteiger partial charge in [0.1, 0.15) is 6.04 Å². The number of primary amides is 1. The lowest BCUT2D eigenvalue weighted by Crippen LogP contribution is -2.49. The van der Waals surface area contributed by atoms with Crippen molar-refractivity contribution in [2.24, 2.45) is 11.5 Å². The van der Waals surface area contributed by atoms with Crippen LogP contribution in [0, 0.1) is 0 Å². The summed E-state index contributed by atoms with van der Waals surface area (Å²) >= 11 is 0. The number of carbonyl (C=O) groups excluding carboxylic acids is 2. The molecule has 2 amide bonds. The smallest absolute Gasteiger partial charge is 0.239 e. The SMILES string of the molecule is CC[C@@H](N)C(=O)N[C@H](CC)C(N)=O. The highest BCUT2D eigenvalue weighted by Gasteiger charge is 2.18. The maximum absolute atomic E-state index is 11.2. The van der Waals surface area contributed by atoms with Crippen molar-refractivity contribution < 1.29 is 9.59 Å². The van der Waals surface area contributed by atoms with Crippen molar-refractivity contribution in [2.75, 3.05) is 0 Å². The third kappa shape index (κ3) is 3.89. The molecular formula is C8H17N3O2. The fraction of sp³-hybridized carbons (Fsp3) is 0.750. The van der Waals surface area contributed by atoms with Crippen molar-refractivity contribution in [3.8, 4) is 0 Å². The molecule has 0 heterocycles. The second-order valence-corrected chi connectivity index (χ2v) is 2.89. The predicted molar refractivity (Wildman–Crippen MR) is 49.7 cm³/mol. The van der Waals surface area contributed by atoms with Crippen LogP contribution in [0.3, 0.4) is 0 Å². The van der Waals surface area contributed by atoms with Gasteiger partial charge in [0.2, 0.25) is 11.8 Å². The van der Waals surface area contributed by atoms with E-state index in [0.717, 1.165) is 0 Å². The fourth-order valence-corrected chi connectivity index (χ4v) is 0.839. The number of hydrogen-bond donors (Lipinski definition) is 3. The van der Waals surface area contributed by atoms with Crippen LogP contribution in [0.2, 0.25) is 0 Å². The Morgan fingerprint density at radius 2 is 1.85 bits per heavy atom. The standard InChI is InChI=1S/C8H17N3O2/c1-3-5(9)8(13)11-6(4-2)7(10)12/h5-6H,3-4,9H2,1-2H3,(H2,10,12)(H,11,13)/t5-,6-/m1/s1. The summed E-state index contributed by atoms with van der Waals surface area (Å²) in [5.41, 5.74) is 10.5. The molecule has 76 valence electrons. The summed E-state index contributed by atoms with van der Waals surface area (Å²) in [6, 6.07) is -1.17. The van der Waals surface area contributed by atoms with Crippen LogP contribution >= 0.6 is 0 Å². The molecule has 0 aliphatic heterocycles. The van der Waals surface area contributed by atoms with Crippen LogP contribution in [-0.4, -0.2) is 23.9 Å². The van der Waals surface area contributed by atoms with Crippen LogP contribution in [0.5, 0.6) is 0 Å². The van der Waals surface area contributed by atoms with E-state index in [1.54, 1.807) is 13.8 Å². The minimum Gasteiger partial charge on any atom is -0.368 e. The second-order valence-electron chi connectivity index (χ2n) is 2.89. The quantitative estimate of drug-likeness (QED) is 0.520. The van der Waals surface area contributed by atoms with Gasteiger partial charge in [0.15, 0.2) is 0 Å². The predicted octanol–water partition coefficient (Wildman–Crippen LogP) is -0.896. The Morgan fingerprint density at radius 3 is 2.15 bits per heavy atom. The van der Waals surface area contributed by atoms with Gasteiger partial charge in [-0.25, -0.2) is 0 Å². The largest absolute Gasteiger partial charge is 0.368 e. The summed E-state index contributed by atoms with van der Waals surface area (Å²) in [7, 11) is 0. The molecule has 0 aromatic carbocycles. The van der Waals surface area contributed by atoms with Crippen LogP contribution in [0.4, 0.5) is 0 Å². The number of carbonyl (C=O) groups is 2. The third-order valence-electron chi connectivity index (χ3n) is 1.84. The molecule has 5 N–H and O–H groups in total. The Kier molecular flexibility index (Phi) is 5.06. The summed E-state index contributed by atoms with van der Waals surface area (Å²) in [6.45, 7) is 3.57. The average Bonchev–Trinajstić information content (AvgIpc) is 2.11. The molecule has 0 fully saturated rings. The van der Waals surface area contributed by atoms with E-state index >= 15 is 0 Å². The zero-order valence-corrected chi connectivity index (χ0v) is 8.04. The Morgan fingerprint density at radius 1 is 1.31 bits per heavy atom. The van der Waals surface area contributed by atoms with Gasteiger partial charge in [0.05, 0.1) is 6.04 Å². The molecule has 0 bridgehead atoms. The average molecular weight is 187 g/mol. The van der Waals surface area contributed by atoms with Crippen molar-refractivity contribution in [1.82, 2.24) is 5.32 Å². The van der Waals surface area contributed by atoms with Crippen LogP contribution in [0.25, 0.3) is 0 Å². The number of amides is 2. The van der Waals surface area contributed by atoms with Gasteiger partial charge < -0.3 is 16.8 Å². The van der Waals surface area contributed by atoms with E-state index in [-0.39, 0.29) is 5.91 Å². The highest BCUT2D eigenvalue weighted by Crippen LogP contribution is 1.92. The lowest BCUT2D eigenvalue weighted by atomic mass is 10.1. The van der Waals surface area contributed by atoms with Gasteiger partial charge in [0, 0.05) is 0 Å². The first kappa shape index (κ1) is 11.9. The third-order valence-corrected chi connectivity index (χ3v) is 1.84. The molecule has 2 atom stereocenters. The Hall–Kier alpha value is -1.10. The number of nitrogens with two attached hydrogens (primary N) is 2. The molecule has 0 rings (SSSR count). The van der Waals surface area contributed by atoms with E-state index in [4.69, 9.17) is 11.5 Å². The molecule has 0 aliphatic rings. The highest BCUT2D eigenvalue weighted by molar-refractivity contribution is 5.88. The lowest BCUT2D eigenvalue weighted by Gasteiger charge is -2.15. The Bertz CT molecular complexity index is 194. The van der Waals surface area contributed by atoms with Crippen molar-refractivity contribution in [3.63, 3.8) is 0 Å². The lowest BCUT2D eigenvalue weighted by molar-refractivity contribution is -0.128. The first-order valence-corrected chi connectivity index (χ1v) is 4.38. The zero-order valence-electron chi connectivity index (χ0n) is 8.04. The van der Waals surface area contributed by atoms with E-state index in [0.29, 0.717) is 12.8 Å². The van der Waals surface area contributed by atoms with Gasteiger partial charge in [-0.3, -0.25) is 9.59 Å². The van der Waals surface area contributed by atoms with Gasteiger partial charge in [-0.05, 0) is 12.8 Å². The monoisotopic (exact) mass is 187 g/mol.